The Hall–Kier alpha value is -0.860. The molecule has 0 unspecified atom stereocenters. The zero-order valence-electron chi connectivity index (χ0n) is 6.97. The summed E-state index contributed by atoms with van der Waals surface area (Å²) in [5.41, 5.74) is 0. The standard InChI is InChI=1S/C7H13N3/c1-5(2)7-8-6(3)9-10(7)4/h5H,1-4H3/p+1. The summed E-state index contributed by atoms with van der Waals surface area (Å²) in [7, 11) is 1.98. The van der Waals surface area contributed by atoms with Gasteiger partial charge in [0.2, 0.25) is 5.82 Å². The Bertz CT molecular complexity index is 225. The fourth-order valence-electron chi connectivity index (χ4n) is 1.09. The molecule has 0 amide bonds. The first-order valence-corrected chi connectivity index (χ1v) is 3.54. The average molecular weight is 140 g/mol. The third-order valence-electron chi connectivity index (χ3n) is 1.47. The number of rotatable bonds is 1. The predicted octanol–water partition coefficient (Wildman–Crippen LogP) is 0.666. The summed E-state index contributed by atoms with van der Waals surface area (Å²) in [4.78, 5) is 4.32. The second-order valence-corrected chi connectivity index (χ2v) is 2.88. The summed E-state index contributed by atoms with van der Waals surface area (Å²) in [6.45, 7) is 6.23. The first-order valence-electron chi connectivity index (χ1n) is 3.54. The number of nitrogens with one attached hydrogen (secondary N) is 1. The van der Waals surface area contributed by atoms with Gasteiger partial charge in [-0.05, 0) is 4.98 Å². The first-order chi connectivity index (χ1) is 4.61. The first kappa shape index (κ1) is 7.25. The molecule has 0 bridgehead atoms. The molecule has 0 saturated heterocycles. The van der Waals surface area contributed by atoms with E-state index in [-0.39, 0.29) is 0 Å². The molecule has 3 heteroatoms. The second kappa shape index (κ2) is 2.40. The minimum absolute atomic E-state index is 0.495. The summed E-state index contributed by atoms with van der Waals surface area (Å²) >= 11 is 0. The molecule has 10 heavy (non-hydrogen) atoms. The zero-order valence-corrected chi connectivity index (χ0v) is 6.97. The highest BCUT2D eigenvalue weighted by molar-refractivity contribution is 4.85. The Morgan fingerprint density at radius 1 is 1.50 bits per heavy atom. The fraction of sp³-hybridized carbons (Fsp3) is 0.714. The number of nitrogens with zero attached hydrogens (tertiary/aromatic N) is 2. The van der Waals surface area contributed by atoms with Crippen molar-refractivity contribution in [1.82, 2.24) is 10.1 Å². The highest BCUT2D eigenvalue weighted by Crippen LogP contribution is 2.04. The van der Waals surface area contributed by atoms with Crippen molar-refractivity contribution in [3.63, 3.8) is 0 Å². The molecule has 0 spiro atoms. The topological polar surface area (TPSA) is 32.6 Å². The van der Waals surface area contributed by atoms with Gasteiger partial charge in [-0.1, -0.05) is 13.8 Å². The minimum atomic E-state index is 0.495. The maximum Gasteiger partial charge on any atom is 0.321 e. The van der Waals surface area contributed by atoms with E-state index in [1.54, 1.807) is 0 Å². The van der Waals surface area contributed by atoms with Crippen LogP contribution in [0.5, 0.6) is 0 Å². The molecule has 0 fully saturated rings. The molecule has 1 aromatic rings. The highest BCUT2D eigenvalue weighted by Gasteiger charge is 2.16. The molecule has 0 aliphatic carbocycles. The van der Waals surface area contributed by atoms with Crippen molar-refractivity contribution in [1.29, 1.82) is 0 Å². The lowest BCUT2D eigenvalue weighted by Crippen LogP contribution is -2.35. The highest BCUT2D eigenvalue weighted by atomic mass is 15.3. The molecule has 3 nitrogen and oxygen atoms in total. The summed E-state index contributed by atoms with van der Waals surface area (Å²) in [5, 5.41) is 3.09. The lowest BCUT2D eigenvalue weighted by Gasteiger charge is -1.91. The molecule has 1 heterocycles. The van der Waals surface area contributed by atoms with Crippen molar-refractivity contribution in [3.05, 3.63) is 11.6 Å². The largest absolute Gasteiger partial charge is 0.321 e. The van der Waals surface area contributed by atoms with E-state index in [2.05, 4.69) is 23.9 Å². The van der Waals surface area contributed by atoms with Crippen molar-refractivity contribution in [2.75, 3.05) is 0 Å². The van der Waals surface area contributed by atoms with Crippen LogP contribution >= 0.6 is 0 Å². The van der Waals surface area contributed by atoms with Crippen LogP contribution in [0.1, 0.15) is 31.4 Å². The van der Waals surface area contributed by atoms with E-state index >= 15 is 0 Å². The molecule has 0 atom stereocenters. The van der Waals surface area contributed by atoms with Gasteiger partial charge in [0.05, 0.1) is 5.92 Å². The molecule has 1 rings (SSSR count). The van der Waals surface area contributed by atoms with Crippen LogP contribution in [0.2, 0.25) is 0 Å². The van der Waals surface area contributed by atoms with Crippen LogP contribution in [0.25, 0.3) is 0 Å². The van der Waals surface area contributed by atoms with Gasteiger partial charge in [-0.3, -0.25) is 0 Å². The Morgan fingerprint density at radius 3 is 2.30 bits per heavy atom. The van der Waals surface area contributed by atoms with Crippen LogP contribution in [0.4, 0.5) is 0 Å². The van der Waals surface area contributed by atoms with E-state index in [4.69, 9.17) is 0 Å². The zero-order chi connectivity index (χ0) is 7.72. The maximum atomic E-state index is 4.32. The number of H-pyrrole nitrogens is 1. The van der Waals surface area contributed by atoms with Gasteiger partial charge in [0.1, 0.15) is 7.05 Å². The normalized spacial score (nSPS) is 10.9. The van der Waals surface area contributed by atoms with Gasteiger partial charge in [0.25, 0.3) is 0 Å². The lowest BCUT2D eigenvalue weighted by atomic mass is 10.2. The third-order valence-corrected chi connectivity index (χ3v) is 1.47. The summed E-state index contributed by atoms with van der Waals surface area (Å²) in [5.74, 6) is 2.58. The molecule has 0 aromatic carbocycles. The van der Waals surface area contributed by atoms with Crippen LogP contribution in [-0.4, -0.2) is 10.1 Å². The molecule has 1 N–H and O–H groups in total. The van der Waals surface area contributed by atoms with E-state index < -0.39 is 0 Å². The molecule has 0 aliphatic rings. The van der Waals surface area contributed by atoms with Gasteiger partial charge >= 0.3 is 5.82 Å². The molecule has 56 valence electrons. The third kappa shape index (κ3) is 1.17. The van der Waals surface area contributed by atoms with Crippen molar-refractivity contribution in [3.8, 4) is 0 Å². The van der Waals surface area contributed by atoms with E-state index in [0.29, 0.717) is 5.92 Å². The number of hydrogen-bond donors (Lipinski definition) is 1. The van der Waals surface area contributed by atoms with Crippen molar-refractivity contribution < 1.29 is 4.68 Å². The lowest BCUT2D eigenvalue weighted by molar-refractivity contribution is -0.736. The average Bonchev–Trinajstić information content (AvgIpc) is 2.10. The number of aromatic nitrogens is 3. The van der Waals surface area contributed by atoms with Gasteiger partial charge in [-0.15, -0.1) is 0 Å². The van der Waals surface area contributed by atoms with E-state index in [9.17, 15) is 0 Å². The predicted molar refractivity (Wildman–Crippen MR) is 38.6 cm³/mol. The van der Waals surface area contributed by atoms with Crippen LogP contribution in [0, 0.1) is 6.92 Å². The molecular weight excluding hydrogens is 126 g/mol. The second-order valence-electron chi connectivity index (χ2n) is 2.88. The van der Waals surface area contributed by atoms with Crippen molar-refractivity contribution in [2.45, 2.75) is 26.7 Å². The van der Waals surface area contributed by atoms with Gasteiger partial charge in [0.15, 0.2) is 0 Å². The summed E-state index contributed by atoms with van der Waals surface area (Å²) < 4.78 is 1.96. The van der Waals surface area contributed by atoms with Crippen LogP contribution in [0.15, 0.2) is 0 Å². The van der Waals surface area contributed by atoms with Gasteiger partial charge in [-0.25, -0.2) is 0 Å². The Balaban J connectivity index is 3.03. The molecule has 0 aliphatic heterocycles. The Morgan fingerprint density at radius 2 is 2.10 bits per heavy atom. The van der Waals surface area contributed by atoms with E-state index in [0.717, 1.165) is 11.6 Å². The van der Waals surface area contributed by atoms with E-state index in [1.165, 1.54) is 0 Å². The van der Waals surface area contributed by atoms with Crippen LogP contribution < -0.4 is 4.68 Å². The number of aromatic amines is 1. The molecule has 0 radical (unpaired) electrons. The molecule has 1 aromatic heterocycles. The smallest absolute Gasteiger partial charge is 0.192 e. The Kier molecular flexibility index (Phi) is 1.74. The monoisotopic (exact) mass is 140 g/mol. The Labute approximate surface area is 61.1 Å². The minimum Gasteiger partial charge on any atom is -0.192 e. The van der Waals surface area contributed by atoms with Gasteiger partial charge in [0, 0.05) is 6.92 Å². The maximum absolute atomic E-state index is 4.32. The fourth-order valence-corrected chi connectivity index (χ4v) is 1.09. The number of aryl methyl sites for hydroxylation is 2. The summed E-state index contributed by atoms with van der Waals surface area (Å²) in [6.07, 6.45) is 0. The van der Waals surface area contributed by atoms with Crippen molar-refractivity contribution in [2.24, 2.45) is 7.05 Å². The van der Waals surface area contributed by atoms with Gasteiger partial charge in [-0.2, -0.15) is 9.78 Å². The molecular formula is C7H14N3+. The molecule has 0 saturated carbocycles. The van der Waals surface area contributed by atoms with E-state index in [1.807, 2.05) is 18.7 Å². The SMILES string of the molecule is Cc1nc(C(C)C)[n+](C)[nH]1. The summed E-state index contributed by atoms with van der Waals surface area (Å²) in [6, 6.07) is 0. The van der Waals surface area contributed by atoms with Crippen molar-refractivity contribution >= 4 is 0 Å². The van der Waals surface area contributed by atoms with Crippen LogP contribution in [0.3, 0.4) is 0 Å². The number of hydrogen-bond acceptors (Lipinski definition) is 1. The van der Waals surface area contributed by atoms with Crippen LogP contribution in [-0.2, 0) is 7.05 Å². The quantitative estimate of drug-likeness (QED) is 0.571. The van der Waals surface area contributed by atoms with Gasteiger partial charge < -0.3 is 0 Å².